The molecule has 0 radical (unpaired) electrons. The van der Waals surface area contributed by atoms with Crippen molar-refractivity contribution in [3.63, 3.8) is 0 Å². The van der Waals surface area contributed by atoms with Crippen LogP contribution in [-0.2, 0) is 0 Å². The monoisotopic (exact) mass is 260 g/mol. The lowest BCUT2D eigenvalue weighted by Crippen LogP contribution is -1.92. The summed E-state index contributed by atoms with van der Waals surface area (Å²) >= 11 is 0. The predicted molar refractivity (Wildman–Crippen MR) is 82.4 cm³/mol. The minimum absolute atomic E-state index is 0.964. The number of nitrogens with zero attached hydrogens (tertiary/aromatic N) is 2. The molecule has 20 heavy (non-hydrogen) atoms. The third-order valence-corrected chi connectivity index (χ3v) is 3.31. The Morgan fingerprint density at radius 2 is 1.60 bits per heavy atom. The molecule has 3 rings (SSSR count). The average Bonchev–Trinajstić information content (AvgIpc) is 2.48. The van der Waals surface area contributed by atoms with Gasteiger partial charge in [0.2, 0.25) is 0 Å². The van der Waals surface area contributed by atoms with Crippen molar-refractivity contribution in [3.05, 3.63) is 72.1 Å². The van der Waals surface area contributed by atoms with Crippen molar-refractivity contribution in [2.45, 2.75) is 13.8 Å². The van der Waals surface area contributed by atoms with Gasteiger partial charge in [-0.2, -0.15) is 0 Å². The van der Waals surface area contributed by atoms with Crippen LogP contribution in [0.25, 0.3) is 22.5 Å². The van der Waals surface area contributed by atoms with E-state index in [9.17, 15) is 0 Å². The molecule has 0 saturated heterocycles. The van der Waals surface area contributed by atoms with E-state index in [1.807, 2.05) is 37.5 Å². The highest BCUT2D eigenvalue weighted by Crippen LogP contribution is 2.25. The zero-order valence-electron chi connectivity index (χ0n) is 11.7. The summed E-state index contributed by atoms with van der Waals surface area (Å²) in [6.45, 7) is 4.14. The smallest absolute Gasteiger partial charge is 0.0738 e. The van der Waals surface area contributed by atoms with Crippen LogP contribution < -0.4 is 0 Å². The van der Waals surface area contributed by atoms with E-state index in [4.69, 9.17) is 4.98 Å². The third-order valence-electron chi connectivity index (χ3n) is 3.31. The zero-order chi connectivity index (χ0) is 13.9. The number of hydrogen-bond donors (Lipinski definition) is 0. The van der Waals surface area contributed by atoms with Crippen LogP contribution >= 0.6 is 0 Å². The van der Waals surface area contributed by atoms with Gasteiger partial charge in [-0.05, 0) is 37.1 Å². The molecule has 0 atom stereocenters. The lowest BCUT2D eigenvalue weighted by atomic mass is 10.0. The quantitative estimate of drug-likeness (QED) is 0.681. The summed E-state index contributed by atoms with van der Waals surface area (Å²) in [6, 6.07) is 16.6. The lowest BCUT2D eigenvalue weighted by molar-refractivity contribution is 1.23. The number of pyridine rings is 2. The van der Waals surface area contributed by atoms with Gasteiger partial charge in [0, 0.05) is 23.5 Å². The summed E-state index contributed by atoms with van der Waals surface area (Å²) in [7, 11) is 0. The Bertz CT molecular complexity index is 733. The second-order valence-corrected chi connectivity index (χ2v) is 4.98. The Labute approximate surface area is 119 Å². The molecule has 0 aliphatic rings. The topological polar surface area (TPSA) is 25.8 Å². The Balaban J connectivity index is 2.12. The van der Waals surface area contributed by atoms with Crippen molar-refractivity contribution in [1.29, 1.82) is 0 Å². The molecule has 0 aliphatic carbocycles. The molecule has 0 unspecified atom stereocenters. The molecule has 0 bridgehead atoms. The van der Waals surface area contributed by atoms with Gasteiger partial charge in [-0.1, -0.05) is 36.4 Å². The molecule has 1 aromatic carbocycles. The molecule has 98 valence electrons. The fourth-order valence-corrected chi connectivity index (χ4v) is 2.27. The zero-order valence-corrected chi connectivity index (χ0v) is 11.7. The molecule has 0 spiro atoms. The first-order chi connectivity index (χ1) is 9.74. The van der Waals surface area contributed by atoms with Crippen LogP contribution in [0.3, 0.4) is 0 Å². The molecular formula is C18H16N2. The predicted octanol–water partition coefficient (Wildman–Crippen LogP) is 4.43. The van der Waals surface area contributed by atoms with Crippen molar-refractivity contribution in [3.8, 4) is 22.5 Å². The van der Waals surface area contributed by atoms with E-state index in [2.05, 4.69) is 42.2 Å². The summed E-state index contributed by atoms with van der Waals surface area (Å²) in [5.41, 5.74) is 6.52. The van der Waals surface area contributed by atoms with Gasteiger partial charge in [-0.15, -0.1) is 0 Å². The fraction of sp³-hybridized carbons (Fsp3) is 0.111. The molecule has 3 aromatic rings. The van der Waals surface area contributed by atoms with Crippen LogP contribution in [0.1, 0.15) is 11.1 Å². The minimum Gasteiger partial charge on any atom is -0.264 e. The highest BCUT2D eigenvalue weighted by molar-refractivity contribution is 5.68. The molecular weight excluding hydrogens is 244 g/mol. The van der Waals surface area contributed by atoms with Crippen LogP contribution in [0.5, 0.6) is 0 Å². The largest absolute Gasteiger partial charge is 0.264 e. The standard InChI is InChI=1S/C18H16N2/c1-13-10-16(12-19-11-13)17-9-8-14(2)18(20-17)15-6-4-3-5-7-15/h3-12H,1-2H3. The highest BCUT2D eigenvalue weighted by Gasteiger charge is 2.07. The van der Waals surface area contributed by atoms with Gasteiger partial charge >= 0.3 is 0 Å². The molecule has 0 N–H and O–H groups in total. The number of hydrogen-bond acceptors (Lipinski definition) is 2. The van der Waals surface area contributed by atoms with E-state index in [0.29, 0.717) is 0 Å². The van der Waals surface area contributed by atoms with Crippen LogP contribution in [0.4, 0.5) is 0 Å². The van der Waals surface area contributed by atoms with Gasteiger partial charge < -0.3 is 0 Å². The Morgan fingerprint density at radius 1 is 0.800 bits per heavy atom. The number of aryl methyl sites for hydroxylation is 2. The van der Waals surface area contributed by atoms with Crippen molar-refractivity contribution in [1.82, 2.24) is 9.97 Å². The number of rotatable bonds is 2. The summed E-state index contributed by atoms with van der Waals surface area (Å²) in [5, 5.41) is 0. The van der Waals surface area contributed by atoms with Crippen molar-refractivity contribution in [2.24, 2.45) is 0 Å². The summed E-state index contributed by atoms with van der Waals surface area (Å²) in [4.78, 5) is 9.06. The summed E-state index contributed by atoms with van der Waals surface area (Å²) < 4.78 is 0. The SMILES string of the molecule is Cc1cncc(-c2ccc(C)c(-c3ccccc3)n2)c1. The van der Waals surface area contributed by atoms with Gasteiger partial charge in [-0.25, -0.2) is 4.98 Å². The lowest BCUT2D eigenvalue weighted by Gasteiger charge is -2.08. The second kappa shape index (κ2) is 5.25. The van der Waals surface area contributed by atoms with E-state index in [1.54, 1.807) is 0 Å². The van der Waals surface area contributed by atoms with Crippen molar-refractivity contribution >= 4 is 0 Å². The van der Waals surface area contributed by atoms with Crippen LogP contribution in [0.15, 0.2) is 60.9 Å². The summed E-state index contributed by atoms with van der Waals surface area (Å²) in [6.07, 6.45) is 3.72. The first-order valence-electron chi connectivity index (χ1n) is 6.69. The van der Waals surface area contributed by atoms with Gasteiger partial charge in [0.15, 0.2) is 0 Å². The van der Waals surface area contributed by atoms with Crippen LogP contribution in [-0.4, -0.2) is 9.97 Å². The van der Waals surface area contributed by atoms with Crippen LogP contribution in [0, 0.1) is 13.8 Å². The van der Waals surface area contributed by atoms with Crippen molar-refractivity contribution < 1.29 is 0 Å². The molecule has 2 heterocycles. The summed E-state index contributed by atoms with van der Waals surface area (Å²) in [5.74, 6) is 0. The Hall–Kier alpha value is -2.48. The van der Waals surface area contributed by atoms with Crippen molar-refractivity contribution in [2.75, 3.05) is 0 Å². The molecule has 0 fully saturated rings. The van der Waals surface area contributed by atoms with E-state index < -0.39 is 0 Å². The molecule has 2 aromatic heterocycles. The first-order valence-corrected chi connectivity index (χ1v) is 6.69. The van der Waals surface area contributed by atoms with Gasteiger partial charge in [0.05, 0.1) is 11.4 Å². The normalized spacial score (nSPS) is 10.5. The van der Waals surface area contributed by atoms with Gasteiger partial charge in [-0.3, -0.25) is 4.98 Å². The average molecular weight is 260 g/mol. The number of benzene rings is 1. The number of aromatic nitrogens is 2. The molecule has 2 nitrogen and oxygen atoms in total. The van der Waals surface area contributed by atoms with E-state index in [-0.39, 0.29) is 0 Å². The first kappa shape index (κ1) is 12.5. The van der Waals surface area contributed by atoms with E-state index in [1.165, 1.54) is 5.56 Å². The Morgan fingerprint density at radius 3 is 2.35 bits per heavy atom. The maximum absolute atomic E-state index is 4.81. The molecule has 0 saturated carbocycles. The van der Waals surface area contributed by atoms with E-state index in [0.717, 1.165) is 28.1 Å². The highest BCUT2D eigenvalue weighted by atomic mass is 14.7. The van der Waals surface area contributed by atoms with E-state index >= 15 is 0 Å². The maximum Gasteiger partial charge on any atom is 0.0738 e. The molecule has 0 amide bonds. The van der Waals surface area contributed by atoms with Gasteiger partial charge in [0.1, 0.15) is 0 Å². The second-order valence-electron chi connectivity index (χ2n) is 4.98. The molecule has 2 heteroatoms. The third kappa shape index (κ3) is 2.45. The fourth-order valence-electron chi connectivity index (χ4n) is 2.27. The maximum atomic E-state index is 4.81. The van der Waals surface area contributed by atoms with Gasteiger partial charge in [0.25, 0.3) is 0 Å². The minimum atomic E-state index is 0.964. The molecule has 0 aliphatic heterocycles. The Kier molecular flexibility index (Phi) is 3.30. The van der Waals surface area contributed by atoms with Crippen LogP contribution in [0.2, 0.25) is 0 Å².